The highest BCUT2D eigenvalue weighted by molar-refractivity contribution is 7.91. The van der Waals surface area contributed by atoms with E-state index in [-0.39, 0.29) is 12.6 Å². The van der Waals surface area contributed by atoms with E-state index in [1.165, 1.54) is 22.0 Å². The Balaban J connectivity index is 1.44. The van der Waals surface area contributed by atoms with Crippen molar-refractivity contribution in [1.29, 1.82) is 0 Å². The molecule has 3 aliphatic rings. The molecule has 1 aromatic carbocycles. The number of benzene rings is 1. The molecule has 10 heteroatoms. The van der Waals surface area contributed by atoms with Crippen LogP contribution in [-0.2, 0) is 47.7 Å². The second-order valence-electron chi connectivity index (χ2n) is 9.13. The van der Waals surface area contributed by atoms with Gasteiger partial charge in [0.1, 0.15) is 0 Å². The van der Waals surface area contributed by atoms with Crippen LogP contribution >= 0.6 is 0 Å². The fourth-order valence-corrected chi connectivity index (χ4v) is 6.33. The Morgan fingerprint density at radius 2 is 1.94 bits per heavy atom. The maximum Gasteiger partial charge on any atom is 0.345 e. The van der Waals surface area contributed by atoms with Crippen molar-refractivity contribution >= 4 is 27.6 Å². The lowest BCUT2D eigenvalue weighted by Gasteiger charge is -2.29. The van der Waals surface area contributed by atoms with E-state index in [1.807, 2.05) is 0 Å². The Morgan fingerprint density at radius 1 is 1.21 bits per heavy atom. The fourth-order valence-electron chi connectivity index (χ4n) is 5.26. The molecule has 2 aromatic rings. The van der Waals surface area contributed by atoms with Gasteiger partial charge >= 0.3 is 10.2 Å². The van der Waals surface area contributed by atoms with E-state index in [4.69, 9.17) is 4.74 Å². The number of amidine groups is 1. The molecule has 0 spiro atoms. The van der Waals surface area contributed by atoms with E-state index >= 15 is 0 Å². The Labute approximate surface area is 194 Å². The highest BCUT2D eigenvalue weighted by atomic mass is 32.2. The quantitative estimate of drug-likeness (QED) is 0.507. The monoisotopic (exact) mass is 472 g/mol. The summed E-state index contributed by atoms with van der Waals surface area (Å²) >= 11 is 0. The largest absolute Gasteiger partial charge is 0.845 e. The van der Waals surface area contributed by atoms with Gasteiger partial charge in [-0.15, -0.1) is 4.40 Å². The predicted molar refractivity (Wildman–Crippen MR) is 125 cm³/mol. The average molecular weight is 473 g/mol. The Bertz CT molecular complexity index is 1140. The van der Waals surface area contributed by atoms with Gasteiger partial charge in [-0.05, 0) is 80.0 Å². The van der Waals surface area contributed by atoms with Crippen molar-refractivity contribution in [3.8, 4) is 0 Å². The number of aryl methyl sites for hydroxylation is 3. The number of nitrogens with one attached hydrogen (secondary N) is 1. The SMILES string of the molecule is Cn1cc(N(C[C@H]2CCCCO2)S(=O)(=O)/N=C(\[O-])Nc2c3c(cc4c2CCC4)CCC3)cn1. The second kappa shape index (κ2) is 8.98. The molecule has 2 heterocycles. The molecule has 0 saturated carbocycles. The first-order valence-electron chi connectivity index (χ1n) is 11.7. The molecule has 1 N–H and O–H groups in total. The second-order valence-corrected chi connectivity index (χ2v) is 10.6. The highest BCUT2D eigenvalue weighted by Gasteiger charge is 2.29. The standard InChI is InChI=1S/C23H31N5O4S/c1-27-14-18(13-24-27)28(15-19-8-2-3-11-32-19)33(30,31)26-23(29)25-22-20-9-4-6-16(20)12-17-7-5-10-21(17)22/h12-14,19H,2-11,15H2,1H3,(H2,25,26,29)/p-1/t19-/m1/s1. The minimum absolute atomic E-state index is 0.0982. The van der Waals surface area contributed by atoms with Crippen LogP contribution in [0.4, 0.5) is 11.4 Å². The summed E-state index contributed by atoms with van der Waals surface area (Å²) in [6.45, 7) is 0.703. The molecule has 1 aromatic heterocycles. The van der Waals surface area contributed by atoms with Crippen molar-refractivity contribution in [2.24, 2.45) is 11.4 Å². The smallest absolute Gasteiger partial charge is 0.345 e. The molecule has 1 atom stereocenters. The molecular weight excluding hydrogens is 442 g/mol. The molecule has 1 aliphatic heterocycles. The van der Waals surface area contributed by atoms with Crippen LogP contribution in [-0.4, -0.2) is 43.5 Å². The molecule has 33 heavy (non-hydrogen) atoms. The van der Waals surface area contributed by atoms with Gasteiger partial charge in [-0.3, -0.25) is 4.68 Å². The lowest BCUT2D eigenvalue weighted by molar-refractivity contribution is -0.213. The van der Waals surface area contributed by atoms with Crippen molar-refractivity contribution in [3.63, 3.8) is 0 Å². The van der Waals surface area contributed by atoms with Crippen molar-refractivity contribution in [3.05, 3.63) is 40.7 Å². The van der Waals surface area contributed by atoms with Crippen LogP contribution < -0.4 is 14.7 Å². The first-order chi connectivity index (χ1) is 15.9. The topological polar surface area (TPSA) is 112 Å². The van der Waals surface area contributed by atoms with Gasteiger partial charge in [-0.2, -0.15) is 13.5 Å². The van der Waals surface area contributed by atoms with Crippen LogP contribution in [0.5, 0.6) is 0 Å². The van der Waals surface area contributed by atoms with Gasteiger partial charge < -0.3 is 15.2 Å². The van der Waals surface area contributed by atoms with Crippen LogP contribution in [0.25, 0.3) is 0 Å². The highest BCUT2D eigenvalue weighted by Crippen LogP contribution is 2.38. The maximum absolute atomic E-state index is 13.3. The molecule has 0 amide bonds. The van der Waals surface area contributed by atoms with Gasteiger partial charge in [-0.1, -0.05) is 6.07 Å². The number of hydrogen-bond donors (Lipinski definition) is 1. The number of hydrogen-bond acceptors (Lipinski definition) is 5. The number of aromatic nitrogens is 2. The van der Waals surface area contributed by atoms with Gasteiger partial charge in [0, 0.05) is 25.5 Å². The lowest BCUT2D eigenvalue weighted by Crippen LogP contribution is -2.40. The molecule has 0 bridgehead atoms. The third-order valence-corrected chi connectivity index (χ3v) is 8.12. The Kier molecular flexibility index (Phi) is 6.05. The zero-order valence-electron chi connectivity index (χ0n) is 18.9. The molecular formula is C23H30N5O4S-. The van der Waals surface area contributed by atoms with Crippen molar-refractivity contribution in [2.45, 2.75) is 63.9 Å². The first kappa shape index (κ1) is 22.2. The number of anilines is 2. The minimum Gasteiger partial charge on any atom is -0.845 e. The van der Waals surface area contributed by atoms with E-state index in [2.05, 4.69) is 20.9 Å². The van der Waals surface area contributed by atoms with Gasteiger partial charge in [-0.25, -0.2) is 4.31 Å². The summed E-state index contributed by atoms with van der Waals surface area (Å²) in [5.41, 5.74) is 5.95. The summed E-state index contributed by atoms with van der Waals surface area (Å²) in [6, 6.07) is 1.41. The maximum atomic E-state index is 13.3. The van der Waals surface area contributed by atoms with E-state index in [9.17, 15) is 13.5 Å². The van der Waals surface area contributed by atoms with Crippen LogP contribution in [0.2, 0.25) is 0 Å². The molecule has 1 fully saturated rings. The molecule has 2 aliphatic carbocycles. The minimum atomic E-state index is -4.30. The zero-order valence-corrected chi connectivity index (χ0v) is 19.7. The lowest BCUT2D eigenvalue weighted by atomic mass is 9.99. The fraction of sp³-hybridized carbons (Fsp3) is 0.565. The van der Waals surface area contributed by atoms with Crippen molar-refractivity contribution in [2.75, 3.05) is 22.8 Å². The van der Waals surface area contributed by atoms with Crippen molar-refractivity contribution < 1.29 is 18.3 Å². The first-order valence-corrected chi connectivity index (χ1v) is 13.1. The normalized spacial score (nSPS) is 20.5. The summed E-state index contributed by atoms with van der Waals surface area (Å²) in [4.78, 5) is 0. The number of nitrogens with zero attached hydrogens (tertiary/aromatic N) is 4. The predicted octanol–water partition coefficient (Wildman–Crippen LogP) is 1.85. The third kappa shape index (κ3) is 4.59. The third-order valence-electron chi connectivity index (χ3n) is 6.80. The summed E-state index contributed by atoms with van der Waals surface area (Å²) in [6.07, 6.45) is 11.4. The molecule has 1 saturated heterocycles. The van der Waals surface area contributed by atoms with Crippen LogP contribution in [0, 0.1) is 0 Å². The Hall–Kier alpha value is -2.59. The van der Waals surface area contributed by atoms with Gasteiger partial charge in [0.2, 0.25) is 0 Å². The van der Waals surface area contributed by atoms with Crippen molar-refractivity contribution in [1.82, 2.24) is 9.78 Å². The summed E-state index contributed by atoms with van der Waals surface area (Å²) in [7, 11) is -2.58. The van der Waals surface area contributed by atoms with E-state index in [0.717, 1.165) is 78.9 Å². The number of ether oxygens (including phenoxy) is 1. The number of rotatable bonds is 6. The van der Waals surface area contributed by atoms with Gasteiger partial charge in [0.05, 0.1) is 30.6 Å². The van der Waals surface area contributed by atoms with Gasteiger partial charge in [0.15, 0.2) is 0 Å². The molecule has 0 radical (unpaired) electrons. The average Bonchev–Trinajstić information content (AvgIpc) is 3.53. The van der Waals surface area contributed by atoms with Crippen LogP contribution in [0.1, 0.15) is 54.4 Å². The Morgan fingerprint density at radius 3 is 2.55 bits per heavy atom. The summed E-state index contributed by atoms with van der Waals surface area (Å²) in [5.74, 6) is 0. The van der Waals surface area contributed by atoms with Crippen LogP contribution in [0.15, 0.2) is 22.9 Å². The number of fused-ring (bicyclic) bond motifs is 2. The summed E-state index contributed by atoms with van der Waals surface area (Å²) in [5, 5.41) is 19.9. The summed E-state index contributed by atoms with van der Waals surface area (Å²) < 4.78 is 38.7. The van der Waals surface area contributed by atoms with E-state index < -0.39 is 16.2 Å². The van der Waals surface area contributed by atoms with Gasteiger partial charge in [0.25, 0.3) is 0 Å². The van der Waals surface area contributed by atoms with E-state index in [0.29, 0.717) is 12.3 Å². The van der Waals surface area contributed by atoms with Crippen LogP contribution in [0.3, 0.4) is 0 Å². The van der Waals surface area contributed by atoms with E-state index in [1.54, 1.807) is 13.2 Å². The zero-order chi connectivity index (χ0) is 23.0. The molecule has 5 rings (SSSR count). The molecule has 9 nitrogen and oxygen atoms in total. The molecule has 0 unspecified atom stereocenters. The molecule has 178 valence electrons.